The van der Waals surface area contributed by atoms with E-state index in [9.17, 15) is 18.0 Å². The number of hydrogen-bond donors (Lipinski definition) is 1. The van der Waals surface area contributed by atoms with Gasteiger partial charge in [-0.2, -0.15) is 13.2 Å². The van der Waals surface area contributed by atoms with Crippen LogP contribution in [0.15, 0.2) is 61.2 Å². The predicted octanol–water partition coefficient (Wildman–Crippen LogP) is 5.29. The van der Waals surface area contributed by atoms with E-state index in [1.807, 2.05) is 24.0 Å². The molecule has 4 aromatic rings. The summed E-state index contributed by atoms with van der Waals surface area (Å²) in [5.41, 5.74) is 3.13. The van der Waals surface area contributed by atoms with E-state index in [1.165, 1.54) is 12.1 Å². The largest absolute Gasteiger partial charge is 0.433 e. The van der Waals surface area contributed by atoms with Crippen molar-refractivity contribution >= 4 is 5.91 Å². The Morgan fingerprint density at radius 2 is 1.82 bits per heavy atom. The number of pyridine rings is 2. The minimum Gasteiger partial charge on any atom is -0.329 e. The molecule has 1 aliphatic heterocycles. The number of alkyl halides is 3. The van der Waals surface area contributed by atoms with Gasteiger partial charge in [-0.05, 0) is 84.7 Å². The molecule has 206 valence electrons. The van der Waals surface area contributed by atoms with Gasteiger partial charge in [-0.1, -0.05) is 6.07 Å². The minimum absolute atomic E-state index is 0.0439. The molecular weight excluding hydrogens is 517 g/mol. The summed E-state index contributed by atoms with van der Waals surface area (Å²) >= 11 is 0. The molecule has 0 bridgehead atoms. The average Bonchev–Trinajstić information content (AvgIpc) is 3.71. The Morgan fingerprint density at radius 3 is 2.50 bits per heavy atom. The average molecular weight is 547 g/mol. The van der Waals surface area contributed by atoms with Gasteiger partial charge in [-0.3, -0.25) is 20.2 Å². The Hall–Kier alpha value is -4.21. The second-order valence-corrected chi connectivity index (χ2v) is 10.7. The van der Waals surface area contributed by atoms with Gasteiger partial charge in [0.25, 0.3) is 5.91 Å². The summed E-state index contributed by atoms with van der Waals surface area (Å²) in [4.78, 5) is 24.3. The van der Waals surface area contributed by atoms with Crippen LogP contribution in [0, 0.1) is 18.3 Å². The number of imidazole rings is 1. The number of amides is 1. The van der Waals surface area contributed by atoms with Crippen LogP contribution in [0.2, 0.25) is 0 Å². The SMILES string of the molecule is Cc1ccnc([C@H](C2CC2)N2CCc3c(cc(Cn4ccn(C)c4=N)cc3-c3cccnc3C(F)(F)F)C2=O)c1. The minimum atomic E-state index is -4.65. The van der Waals surface area contributed by atoms with E-state index in [-0.39, 0.29) is 29.7 Å². The van der Waals surface area contributed by atoms with Gasteiger partial charge >= 0.3 is 6.18 Å². The smallest absolute Gasteiger partial charge is 0.329 e. The molecule has 6 rings (SSSR count). The lowest BCUT2D eigenvalue weighted by Gasteiger charge is -2.36. The lowest BCUT2D eigenvalue weighted by atomic mass is 9.86. The quantitative estimate of drug-likeness (QED) is 0.357. The van der Waals surface area contributed by atoms with Gasteiger partial charge in [0.1, 0.15) is 0 Å². The van der Waals surface area contributed by atoms with Crippen molar-refractivity contribution in [1.29, 1.82) is 5.41 Å². The van der Waals surface area contributed by atoms with Crippen molar-refractivity contribution in [3.63, 3.8) is 0 Å². The van der Waals surface area contributed by atoms with Gasteiger partial charge in [0, 0.05) is 49.5 Å². The fraction of sp³-hybridized carbons (Fsp3) is 0.333. The zero-order valence-corrected chi connectivity index (χ0v) is 22.2. The number of nitrogens with one attached hydrogen (secondary N) is 1. The van der Waals surface area contributed by atoms with E-state index in [2.05, 4.69) is 9.97 Å². The zero-order chi connectivity index (χ0) is 28.2. The van der Waals surface area contributed by atoms with Crippen molar-refractivity contribution in [1.82, 2.24) is 24.0 Å². The second kappa shape index (κ2) is 9.76. The molecule has 1 saturated carbocycles. The Bertz CT molecular complexity index is 1670. The Morgan fingerprint density at radius 1 is 1.05 bits per heavy atom. The lowest BCUT2D eigenvalue weighted by molar-refractivity contribution is -0.140. The molecule has 7 nitrogen and oxygen atoms in total. The molecule has 4 heterocycles. The molecule has 1 N–H and O–H groups in total. The first-order chi connectivity index (χ1) is 19.1. The van der Waals surface area contributed by atoms with E-state index in [1.54, 1.807) is 46.9 Å². The molecule has 0 spiro atoms. The Balaban J connectivity index is 1.50. The summed E-state index contributed by atoms with van der Waals surface area (Å²) in [5.74, 6) is 0.106. The summed E-state index contributed by atoms with van der Waals surface area (Å²) in [6.07, 6.45) is 4.15. The number of carbonyl (C=O) groups is 1. The number of fused-ring (bicyclic) bond motifs is 1. The van der Waals surface area contributed by atoms with Crippen LogP contribution in [0.25, 0.3) is 11.1 Å². The van der Waals surface area contributed by atoms with Gasteiger partial charge in [0.15, 0.2) is 5.69 Å². The Labute approximate surface area is 229 Å². The highest BCUT2D eigenvalue weighted by atomic mass is 19.4. The molecule has 40 heavy (non-hydrogen) atoms. The van der Waals surface area contributed by atoms with Crippen LogP contribution < -0.4 is 5.62 Å². The topological polar surface area (TPSA) is 79.8 Å². The second-order valence-electron chi connectivity index (χ2n) is 10.7. The first-order valence-electron chi connectivity index (χ1n) is 13.3. The molecule has 10 heteroatoms. The molecule has 3 aromatic heterocycles. The molecular formula is C30H29F3N6O. The molecule has 1 aliphatic carbocycles. The number of aromatic nitrogens is 4. The molecule has 0 saturated heterocycles. The lowest BCUT2D eigenvalue weighted by Crippen LogP contribution is -2.42. The maximum atomic E-state index is 14.2. The number of hydrogen-bond acceptors (Lipinski definition) is 4. The summed E-state index contributed by atoms with van der Waals surface area (Å²) < 4.78 is 45.5. The van der Waals surface area contributed by atoms with E-state index >= 15 is 0 Å². The third-order valence-electron chi connectivity index (χ3n) is 7.84. The maximum Gasteiger partial charge on any atom is 0.433 e. The zero-order valence-electron chi connectivity index (χ0n) is 22.2. The third kappa shape index (κ3) is 4.71. The van der Waals surface area contributed by atoms with Crippen LogP contribution >= 0.6 is 0 Å². The van der Waals surface area contributed by atoms with Crippen LogP contribution in [-0.2, 0) is 26.2 Å². The Kier molecular flexibility index (Phi) is 6.35. The molecule has 2 aliphatic rings. The number of nitrogens with zero attached hydrogens (tertiary/aromatic N) is 5. The maximum absolute atomic E-state index is 14.2. The molecule has 1 atom stereocenters. The summed E-state index contributed by atoms with van der Waals surface area (Å²) in [6, 6.07) is 10.2. The van der Waals surface area contributed by atoms with Gasteiger partial charge in [0.2, 0.25) is 5.62 Å². The van der Waals surface area contributed by atoms with Gasteiger partial charge in [-0.15, -0.1) is 0 Å². The van der Waals surface area contributed by atoms with Crippen molar-refractivity contribution in [2.75, 3.05) is 6.54 Å². The number of aryl methyl sites for hydroxylation is 2. The molecule has 0 radical (unpaired) electrons. The van der Waals surface area contributed by atoms with E-state index < -0.39 is 11.9 Å². The van der Waals surface area contributed by atoms with Crippen molar-refractivity contribution in [3.05, 3.63) is 100 Å². The summed E-state index contributed by atoms with van der Waals surface area (Å²) in [7, 11) is 1.75. The molecule has 1 fully saturated rings. The third-order valence-corrected chi connectivity index (χ3v) is 7.84. The summed E-state index contributed by atoms with van der Waals surface area (Å²) in [5, 5.41) is 8.33. The molecule has 0 unspecified atom stereocenters. The fourth-order valence-corrected chi connectivity index (χ4v) is 5.76. The molecule has 1 amide bonds. The highest BCUT2D eigenvalue weighted by molar-refractivity contribution is 5.99. The van der Waals surface area contributed by atoms with Gasteiger partial charge < -0.3 is 14.0 Å². The fourth-order valence-electron chi connectivity index (χ4n) is 5.76. The standard InChI is InChI=1S/C30H29F3N6O/c1-18-7-10-35-25(14-18)26(20-5-6-20)39-11-8-21-23(22-4-3-9-36-27(22)30(31,32)33)15-19(16-24(21)28(39)40)17-38-13-12-37(2)29(38)34/h3-4,7,9-10,12-16,20,26,34H,5-6,8,11,17H2,1-2H3/t26-/m0/s1. The van der Waals surface area contributed by atoms with Crippen LogP contribution in [0.3, 0.4) is 0 Å². The van der Waals surface area contributed by atoms with Crippen LogP contribution in [0.1, 0.15) is 57.3 Å². The van der Waals surface area contributed by atoms with E-state index in [4.69, 9.17) is 5.41 Å². The van der Waals surface area contributed by atoms with Crippen LogP contribution in [0.5, 0.6) is 0 Å². The number of carbonyl (C=O) groups excluding carboxylic acids is 1. The first kappa shape index (κ1) is 26.0. The number of halogens is 3. The van der Waals surface area contributed by atoms with Crippen molar-refractivity contribution in [2.24, 2.45) is 13.0 Å². The van der Waals surface area contributed by atoms with Crippen molar-refractivity contribution in [3.8, 4) is 11.1 Å². The molecule has 1 aromatic carbocycles. The number of benzene rings is 1. The normalized spacial score (nSPS) is 16.2. The van der Waals surface area contributed by atoms with Crippen LogP contribution in [0.4, 0.5) is 13.2 Å². The van der Waals surface area contributed by atoms with Crippen molar-refractivity contribution in [2.45, 2.75) is 44.9 Å². The highest BCUT2D eigenvalue weighted by Gasteiger charge is 2.42. The first-order valence-corrected chi connectivity index (χ1v) is 13.3. The van der Waals surface area contributed by atoms with E-state index in [0.29, 0.717) is 41.1 Å². The number of rotatable bonds is 6. The van der Waals surface area contributed by atoms with E-state index in [0.717, 1.165) is 30.3 Å². The van der Waals surface area contributed by atoms with Crippen molar-refractivity contribution < 1.29 is 18.0 Å². The van der Waals surface area contributed by atoms with Crippen LogP contribution in [-0.4, -0.2) is 36.5 Å². The highest BCUT2D eigenvalue weighted by Crippen LogP contribution is 2.46. The monoisotopic (exact) mass is 546 g/mol. The summed E-state index contributed by atoms with van der Waals surface area (Å²) in [6.45, 7) is 2.62. The van der Waals surface area contributed by atoms with Gasteiger partial charge in [-0.25, -0.2) is 0 Å². The van der Waals surface area contributed by atoms with Gasteiger partial charge in [0.05, 0.1) is 18.3 Å². The predicted molar refractivity (Wildman–Crippen MR) is 142 cm³/mol.